The summed E-state index contributed by atoms with van der Waals surface area (Å²) in [5.74, 6) is -1.24. The number of halogens is 6. The molecule has 13 heteroatoms. The van der Waals surface area contributed by atoms with Crippen molar-refractivity contribution in [1.82, 2.24) is 10.3 Å². The van der Waals surface area contributed by atoms with Crippen LogP contribution in [-0.2, 0) is 23.6 Å². The zero-order chi connectivity index (χ0) is 24.4. The van der Waals surface area contributed by atoms with Gasteiger partial charge in [0.15, 0.2) is 10.9 Å². The molecule has 0 aliphatic heterocycles. The van der Waals surface area contributed by atoms with E-state index in [1.165, 1.54) is 31.5 Å². The lowest BCUT2D eigenvalue weighted by atomic mass is 10.0. The summed E-state index contributed by atoms with van der Waals surface area (Å²) in [6.45, 7) is 1.41. The first-order valence-corrected chi connectivity index (χ1v) is 10.0. The van der Waals surface area contributed by atoms with Crippen molar-refractivity contribution in [3.8, 4) is 0 Å². The standard InChI is InChI=1S/C20H15F6N3O3S/c1-10(28-17(31)15-3-2-4-32-15)16(30)29-18-27-9-14(33-18)7-11-5-12(19(21,22)23)8-13(6-11)20(24,25)26/h2-6,8-10H,7H2,1H3,(H,28,31)(H,27,29,30). The Labute approximate surface area is 186 Å². The number of hydrogen-bond acceptors (Lipinski definition) is 5. The fraction of sp³-hybridized carbons (Fsp3) is 0.250. The molecule has 2 N–H and O–H groups in total. The predicted molar refractivity (Wildman–Crippen MR) is 106 cm³/mol. The van der Waals surface area contributed by atoms with Crippen molar-refractivity contribution in [1.29, 1.82) is 0 Å². The van der Waals surface area contributed by atoms with Gasteiger partial charge in [-0.25, -0.2) is 4.98 Å². The summed E-state index contributed by atoms with van der Waals surface area (Å²) in [6, 6.07) is 3.26. The van der Waals surface area contributed by atoms with Crippen LogP contribution in [0.15, 0.2) is 47.2 Å². The van der Waals surface area contributed by atoms with Gasteiger partial charge in [-0.15, -0.1) is 11.3 Å². The van der Waals surface area contributed by atoms with Crippen LogP contribution in [0.25, 0.3) is 0 Å². The van der Waals surface area contributed by atoms with Gasteiger partial charge < -0.3 is 15.1 Å². The van der Waals surface area contributed by atoms with Gasteiger partial charge in [0.25, 0.3) is 5.91 Å². The Kier molecular flexibility index (Phi) is 6.81. The highest BCUT2D eigenvalue weighted by Gasteiger charge is 2.36. The molecule has 0 bridgehead atoms. The molecule has 0 aliphatic rings. The van der Waals surface area contributed by atoms with E-state index in [0.717, 1.165) is 11.3 Å². The molecule has 3 rings (SSSR count). The number of anilines is 1. The Bertz CT molecular complexity index is 1110. The zero-order valence-electron chi connectivity index (χ0n) is 16.7. The lowest BCUT2D eigenvalue weighted by Gasteiger charge is -2.14. The smallest absolute Gasteiger partial charge is 0.416 e. The number of rotatable bonds is 6. The maximum Gasteiger partial charge on any atom is 0.416 e. The van der Waals surface area contributed by atoms with Gasteiger partial charge in [0.2, 0.25) is 5.91 Å². The molecular formula is C20H15F6N3O3S. The molecule has 176 valence electrons. The molecule has 6 nitrogen and oxygen atoms in total. The second-order valence-corrected chi connectivity index (χ2v) is 8.00. The van der Waals surface area contributed by atoms with Gasteiger partial charge in [0.1, 0.15) is 6.04 Å². The van der Waals surface area contributed by atoms with Crippen LogP contribution in [0.3, 0.4) is 0 Å². The lowest BCUT2D eigenvalue weighted by molar-refractivity contribution is -0.143. The van der Waals surface area contributed by atoms with Crippen molar-refractivity contribution in [2.75, 3.05) is 5.32 Å². The lowest BCUT2D eigenvalue weighted by Crippen LogP contribution is -2.41. The Morgan fingerprint density at radius 1 is 1.09 bits per heavy atom. The molecule has 1 unspecified atom stereocenters. The topological polar surface area (TPSA) is 84.2 Å². The highest BCUT2D eigenvalue weighted by atomic mass is 32.1. The Morgan fingerprint density at radius 2 is 1.73 bits per heavy atom. The molecule has 1 atom stereocenters. The Balaban J connectivity index is 1.69. The highest BCUT2D eigenvalue weighted by molar-refractivity contribution is 7.15. The van der Waals surface area contributed by atoms with Crippen LogP contribution in [0, 0.1) is 0 Å². The Morgan fingerprint density at radius 3 is 2.27 bits per heavy atom. The second-order valence-electron chi connectivity index (χ2n) is 6.88. The van der Waals surface area contributed by atoms with E-state index in [1.807, 2.05) is 0 Å². The summed E-state index contributed by atoms with van der Waals surface area (Å²) in [5, 5.41) is 4.91. The molecule has 0 aliphatic carbocycles. The van der Waals surface area contributed by atoms with E-state index in [2.05, 4.69) is 15.6 Å². The van der Waals surface area contributed by atoms with E-state index < -0.39 is 41.3 Å². The highest BCUT2D eigenvalue weighted by Crippen LogP contribution is 2.37. The number of hydrogen-bond donors (Lipinski definition) is 2. The van der Waals surface area contributed by atoms with Crippen LogP contribution < -0.4 is 10.6 Å². The van der Waals surface area contributed by atoms with Crippen molar-refractivity contribution in [3.05, 3.63) is 70.1 Å². The molecule has 0 radical (unpaired) electrons. The van der Waals surface area contributed by atoms with Crippen molar-refractivity contribution < 1.29 is 40.3 Å². The minimum absolute atomic E-state index is 0.00509. The summed E-state index contributed by atoms with van der Waals surface area (Å²) < 4.78 is 83.0. The van der Waals surface area contributed by atoms with E-state index in [0.29, 0.717) is 17.0 Å². The molecule has 2 amide bonds. The van der Waals surface area contributed by atoms with Crippen molar-refractivity contribution in [2.45, 2.75) is 31.7 Å². The number of carbonyl (C=O) groups is 2. The number of alkyl halides is 6. The normalized spacial score (nSPS) is 12.9. The number of carbonyl (C=O) groups excluding carboxylic acids is 2. The molecule has 33 heavy (non-hydrogen) atoms. The summed E-state index contributed by atoms with van der Waals surface area (Å²) in [5.41, 5.74) is -3.03. The summed E-state index contributed by atoms with van der Waals surface area (Å²) in [7, 11) is 0. The molecule has 3 aromatic rings. The van der Waals surface area contributed by atoms with Crippen molar-refractivity contribution >= 4 is 28.3 Å². The maximum atomic E-state index is 13.0. The summed E-state index contributed by atoms with van der Waals surface area (Å²) >= 11 is 0.880. The van der Waals surface area contributed by atoms with E-state index in [9.17, 15) is 35.9 Å². The molecule has 0 spiro atoms. The van der Waals surface area contributed by atoms with Gasteiger partial charge >= 0.3 is 12.4 Å². The number of aromatic nitrogens is 1. The monoisotopic (exact) mass is 491 g/mol. The fourth-order valence-electron chi connectivity index (χ4n) is 2.72. The third-order valence-electron chi connectivity index (χ3n) is 4.30. The van der Waals surface area contributed by atoms with Gasteiger partial charge in [-0.3, -0.25) is 9.59 Å². The maximum absolute atomic E-state index is 13.0. The van der Waals surface area contributed by atoms with Crippen LogP contribution in [-0.4, -0.2) is 22.8 Å². The zero-order valence-corrected chi connectivity index (χ0v) is 17.5. The number of thiazole rings is 1. The minimum Gasteiger partial charge on any atom is -0.459 e. The molecule has 0 saturated carbocycles. The number of amides is 2. The molecule has 0 fully saturated rings. The van der Waals surface area contributed by atoms with Gasteiger partial charge in [-0.1, -0.05) is 0 Å². The van der Waals surface area contributed by atoms with Crippen molar-refractivity contribution in [2.24, 2.45) is 0 Å². The molecule has 2 aromatic heterocycles. The summed E-state index contributed by atoms with van der Waals surface area (Å²) in [4.78, 5) is 28.4. The van der Waals surface area contributed by atoms with Crippen LogP contribution in [0.4, 0.5) is 31.5 Å². The number of benzene rings is 1. The van der Waals surface area contributed by atoms with Crippen LogP contribution >= 0.6 is 11.3 Å². The van der Waals surface area contributed by atoms with E-state index in [1.54, 1.807) is 0 Å². The average Bonchev–Trinajstić information content (AvgIpc) is 3.38. The molecule has 0 saturated heterocycles. The minimum atomic E-state index is -4.95. The van der Waals surface area contributed by atoms with Gasteiger partial charge in [0.05, 0.1) is 17.4 Å². The molecule has 2 heterocycles. The third-order valence-corrected chi connectivity index (χ3v) is 5.21. The van der Waals surface area contributed by atoms with Crippen LogP contribution in [0.1, 0.15) is 39.0 Å². The van der Waals surface area contributed by atoms with Crippen LogP contribution in [0.5, 0.6) is 0 Å². The van der Waals surface area contributed by atoms with Crippen molar-refractivity contribution in [3.63, 3.8) is 0 Å². The van der Waals surface area contributed by atoms with E-state index in [4.69, 9.17) is 4.42 Å². The fourth-order valence-corrected chi connectivity index (χ4v) is 3.57. The SMILES string of the molecule is CC(NC(=O)c1ccco1)C(=O)Nc1ncc(Cc2cc(C(F)(F)F)cc(C(F)(F)F)c2)s1. The average molecular weight is 491 g/mol. The molecule has 1 aromatic carbocycles. The van der Waals surface area contributed by atoms with Gasteiger partial charge in [-0.2, -0.15) is 26.3 Å². The number of furan rings is 1. The number of nitrogens with zero attached hydrogens (tertiary/aromatic N) is 1. The van der Waals surface area contributed by atoms with E-state index in [-0.39, 0.29) is 28.9 Å². The van der Waals surface area contributed by atoms with Gasteiger partial charge in [-0.05, 0) is 42.8 Å². The Hall–Kier alpha value is -3.35. The predicted octanol–water partition coefficient (Wildman–Crippen LogP) is 5.12. The first kappa shape index (κ1) is 24.3. The first-order chi connectivity index (χ1) is 15.3. The quantitative estimate of drug-likeness (QED) is 0.469. The first-order valence-electron chi connectivity index (χ1n) is 9.21. The molecular weight excluding hydrogens is 476 g/mol. The summed E-state index contributed by atoms with van der Waals surface area (Å²) in [6.07, 6.45) is -7.62. The number of nitrogens with one attached hydrogen (secondary N) is 2. The van der Waals surface area contributed by atoms with Crippen LogP contribution in [0.2, 0.25) is 0 Å². The van der Waals surface area contributed by atoms with E-state index >= 15 is 0 Å². The van der Waals surface area contributed by atoms with Gasteiger partial charge in [0, 0.05) is 17.5 Å². The largest absolute Gasteiger partial charge is 0.459 e. The second kappa shape index (κ2) is 9.25. The third kappa shape index (κ3) is 6.34.